The molecule has 6 heteroatoms. The zero-order valence-corrected chi connectivity index (χ0v) is 14.4. The first-order valence-corrected chi connectivity index (χ1v) is 8.38. The van der Waals surface area contributed by atoms with Gasteiger partial charge in [0.25, 0.3) is 5.91 Å². The van der Waals surface area contributed by atoms with Gasteiger partial charge in [-0.15, -0.1) is 11.3 Å². The van der Waals surface area contributed by atoms with Gasteiger partial charge in [-0.05, 0) is 18.9 Å². The van der Waals surface area contributed by atoms with Crippen molar-refractivity contribution in [2.75, 3.05) is 20.3 Å². The number of aliphatic hydroxyl groups excluding tert-OH is 1. The average Bonchev–Trinajstić information content (AvgIpc) is 2.95. The van der Waals surface area contributed by atoms with Crippen molar-refractivity contribution < 1.29 is 14.6 Å². The monoisotopic (exact) mass is 334 g/mol. The fourth-order valence-electron chi connectivity index (χ4n) is 2.16. The number of nitrogens with one attached hydrogen (secondary N) is 1. The van der Waals surface area contributed by atoms with Crippen LogP contribution in [0.2, 0.25) is 0 Å². The van der Waals surface area contributed by atoms with Crippen LogP contribution in [0.15, 0.2) is 24.3 Å². The highest BCUT2D eigenvalue weighted by molar-refractivity contribution is 7.17. The molecular weight excluding hydrogens is 312 g/mol. The smallest absolute Gasteiger partial charge is 0.263 e. The maximum Gasteiger partial charge on any atom is 0.263 e. The highest BCUT2D eigenvalue weighted by Gasteiger charge is 2.17. The van der Waals surface area contributed by atoms with Gasteiger partial charge < -0.3 is 15.2 Å². The van der Waals surface area contributed by atoms with Crippen LogP contribution in [0.1, 0.15) is 27.9 Å². The predicted molar refractivity (Wildman–Crippen MR) is 91.9 cm³/mol. The van der Waals surface area contributed by atoms with Crippen molar-refractivity contribution in [1.29, 1.82) is 0 Å². The van der Waals surface area contributed by atoms with E-state index in [1.807, 2.05) is 19.1 Å². The van der Waals surface area contributed by atoms with E-state index in [0.717, 1.165) is 17.0 Å². The van der Waals surface area contributed by atoms with Crippen molar-refractivity contribution in [3.8, 4) is 10.6 Å². The molecule has 1 amide bonds. The molecule has 1 heterocycles. The van der Waals surface area contributed by atoms with E-state index in [4.69, 9.17) is 4.74 Å². The minimum absolute atomic E-state index is 0.157. The summed E-state index contributed by atoms with van der Waals surface area (Å²) in [5.41, 5.74) is 2.98. The van der Waals surface area contributed by atoms with Crippen LogP contribution in [-0.2, 0) is 11.2 Å². The first kappa shape index (κ1) is 17.6. The van der Waals surface area contributed by atoms with E-state index >= 15 is 0 Å². The molecule has 0 fully saturated rings. The largest absolute Gasteiger partial charge is 0.389 e. The van der Waals surface area contributed by atoms with Crippen LogP contribution in [0.25, 0.3) is 10.6 Å². The molecule has 1 unspecified atom stereocenters. The molecule has 0 spiro atoms. The average molecular weight is 334 g/mol. The molecule has 0 saturated heterocycles. The molecule has 0 bridgehead atoms. The van der Waals surface area contributed by atoms with Crippen LogP contribution >= 0.6 is 11.3 Å². The van der Waals surface area contributed by atoms with Crippen molar-refractivity contribution >= 4 is 17.2 Å². The number of aliphatic hydroxyl groups is 1. The molecule has 1 atom stereocenters. The molecular formula is C17H22N2O3S. The van der Waals surface area contributed by atoms with Gasteiger partial charge in [0.15, 0.2) is 0 Å². The molecule has 0 saturated carbocycles. The minimum Gasteiger partial charge on any atom is -0.389 e. The number of benzene rings is 1. The fourth-order valence-corrected chi connectivity index (χ4v) is 3.14. The number of hydrogen-bond donors (Lipinski definition) is 2. The predicted octanol–water partition coefficient (Wildman–Crippen LogP) is 2.42. The van der Waals surface area contributed by atoms with Crippen LogP contribution in [0.3, 0.4) is 0 Å². The molecule has 0 radical (unpaired) electrons. The summed E-state index contributed by atoms with van der Waals surface area (Å²) in [6, 6.07) is 8.21. The van der Waals surface area contributed by atoms with Gasteiger partial charge in [0.2, 0.25) is 0 Å². The summed E-state index contributed by atoms with van der Waals surface area (Å²) in [5, 5.41) is 13.1. The van der Waals surface area contributed by atoms with E-state index in [9.17, 15) is 9.90 Å². The molecule has 1 aromatic heterocycles. The number of methoxy groups -OCH3 is 1. The van der Waals surface area contributed by atoms with Crippen molar-refractivity contribution in [3.05, 3.63) is 40.4 Å². The number of thiazole rings is 1. The number of carbonyl (C=O) groups excluding carboxylic acids is 1. The number of aryl methyl sites for hydroxylation is 2. The zero-order chi connectivity index (χ0) is 16.8. The summed E-state index contributed by atoms with van der Waals surface area (Å²) < 4.78 is 4.84. The molecule has 5 nitrogen and oxygen atoms in total. The molecule has 2 rings (SSSR count). The number of carbonyl (C=O) groups is 1. The summed E-state index contributed by atoms with van der Waals surface area (Å²) in [4.78, 5) is 17.3. The van der Waals surface area contributed by atoms with Crippen molar-refractivity contribution in [2.24, 2.45) is 0 Å². The Labute approximate surface area is 140 Å². The Morgan fingerprint density at radius 1 is 1.39 bits per heavy atom. The van der Waals surface area contributed by atoms with Gasteiger partial charge in [0.1, 0.15) is 9.88 Å². The van der Waals surface area contributed by atoms with Crippen LogP contribution in [0.5, 0.6) is 0 Å². The molecule has 23 heavy (non-hydrogen) atoms. The Morgan fingerprint density at radius 3 is 2.70 bits per heavy atom. The highest BCUT2D eigenvalue weighted by Crippen LogP contribution is 2.28. The second-order valence-corrected chi connectivity index (χ2v) is 6.30. The van der Waals surface area contributed by atoms with Crippen molar-refractivity contribution in [2.45, 2.75) is 26.4 Å². The number of hydrogen-bond acceptors (Lipinski definition) is 5. The third kappa shape index (κ3) is 4.60. The summed E-state index contributed by atoms with van der Waals surface area (Å²) in [6.07, 6.45) is 0.285. The van der Waals surface area contributed by atoms with Crippen LogP contribution in [0.4, 0.5) is 0 Å². The lowest BCUT2D eigenvalue weighted by molar-refractivity contribution is 0.0610. The summed E-state index contributed by atoms with van der Waals surface area (Å²) in [7, 11) is 1.51. The second-order valence-electron chi connectivity index (χ2n) is 5.30. The Kier molecular flexibility index (Phi) is 6.27. The SMILES string of the molecule is CCc1ccc(-c2nc(C)c(C(=O)NCC(O)COC)s2)cc1. The number of rotatable bonds is 7. The molecule has 2 aromatic rings. The van der Waals surface area contributed by atoms with E-state index in [0.29, 0.717) is 10.6 Å². The maximum absolute atomic E-state index is 12.2. The quantitative estimate of drug-likeness (QED) is 0.816. The molecule has 2 N–H and O–H groups in total. The third-order valence-electron chi connectivity index (χ3n) is 3.47. The molecule has 124 valence electrons. The van der Waals surface area contributed by atoms with Gasteiger partial charge in [-0.25, -0.2) is 4.98 Å². The number of ether oxygens (including phenoxy) is 1. The number of amides is 1. The standard InChI is InChI=1S/C17H22N2O3S/c1-4-12-5-7-13(8-6-12)17-19-11(2)15(23-17)16(21)18-9-14(20)10-22-3/h5-8,14,20H,4,9-10H2,1-3H3,(H,18,21). The van der Waals surface area contributed by atoms with E-state index in [1.54, 1.807) is 0 Å². The molecule has 0 aliphatic carbocycles. The summed E-state index contributed by atoms with van der Waals surface area (Å²) in [5.74, 6) is -0.216. The lowest BCUT2D eigenvalue weighted by Gasteiger charge is -2.09. The second kappa shape index (κ2) is 8.19. The van der Waals surface area contributed by atoms with Crippen LogP contribution in [0, 0.1) is 6.92 Å². The lowest BCUT2D eigenvalue weighted by Crippen LogP contribution is -2.34. The Morgan fingerprint density at radius 2 is 2.09 bits per heavy atom. The van der Waals surface area contributed by atoms with Gasteiger partial charge in [-0.3, -0.25) is 4.79 Å². The normalized spacial score (nSPS) is 12.2. The third-order valence-corrected chi connectivity index (χ3v) is 4.67. The summed E-state index contributed by atoms with van der Waals surface area (Å²) in [6.45, 7) is 4.28. The molecule has 0 aliphatic rings. The Bertz CT molecular complexity index is 652. The van der Waals surface area contributed by atoms with Crippen LogP contribution in [-0.4, -0.2) is 42.4 Å². The maximum atomic E-state index is 12.2. The molecule has 0 aliphatic heterocycles. The first-order valence-electron chi connectivity index (χ1n) is 7.57. The Hall–Kier alpha value is -1.76. The highest BCUT2D eigenvalue weighted by atomic mass is 32.1. The van der Waals surface area contributed by atoms with E-state index in [2.05, 4.69) is 29.4 Å². The van der Waals surface area contributed by atoms with Gasteiger partial charge in [0, 0.05) is 19.2 Å². The topological polar surface area (TPSA) is 71.5 Å². The fraction of sp³-hybridized carbons (Fsp3) is 0.412. The van der Waals surface area contributed by atoms with E-state index < -0.39 is 6.10 Å². The van der Waals surface area contributed by atoms with Gasteiger partial charge in [-0.1, -0.05) is 31.2 Å². The van der Waals surface area contributed by atoms with Gasteiger partial charge >= 0.3 is 0 Å². The number of nitrogens with zero attached hydrogens (tertiary/aromatic N) is 1. The van der Waals surface area contributed by atoms with Crippen molar-refractivity contribution in [3.63, 3.8) is 0 Å². The molecule has 1 aromatic carbocycles. The van der Waals surface area contributed by atoms with Crippen LogP contribution < -0.4 is 5.32 Å². The van der Waals surface area contributed by atoms with Gasteiger partial charge in [0.05, 0.1) is 18.4 Å². The minimum atomic E-state index is -0.710. The van der Waals surface area contributed by atoms with E-state index in [-0.39, 0.29) is 19.1 Å². The lowest BCUT2D eigenvalue weighted by atomic mass is 10.1. The summed E-state index contributed by atoms with van der Waals surface area (Å²) >= 11 is 1.36. The van der Waals surface area contributed by atoms with E-state index in [1.165, 1.54) is 24.0 Å². The Balaban J connectivity index is 2.09. The number of aromatic nitrogens is 1. The van der Waals surface area contributed by atoms with Gasteiger partial charge in [-0.2, -0.15) is 0 Å². The zero-order valence-electron chi connectivity index (χ0n) is 13.6. The first-order chi connectivity index (χ1) is 11.0. The van der Waals surface area contributed by atoms with Crippen molar-refractivity contribution in [1.82, 2.24) is 10.3 Å².